The lowest BCUT2D eigenvalue weighted by Gasteiger charge is -2.36. The summed E-state index contributed by atoms with van der Waals surface area (Å²) in [5.74, 6) is 0.753. The number of rotatable bonds is 6. The van der Waals surface area contributed by atoms with E-state index in [0.29, 0.717) is 32.2 Å². The van der Waals surface area contributed by atoms with Crippen LogP contribution in [0.4, 0.5) is 13.2 Å². The highest BCUT2D eigenvalue weighted by molar-refractivity contribution is 4.81. The Labute approximate surface area is 105 Å². The number of halogens is 3. The number of alkyl halides is 3. The van der Waals surface area contributed by atoms with Gasteiger partial charge in [0.05, 0.1) is 31.5 Å². The summed E-state index contributed by atoms with van der Waals surface area (Å²) in [7, 11) is 0. The van der Waals surface area contributed by atoms with Gasteiger partial charge in [-0.1, -0.05) is 6.92 Å². The second kappa shape index (κ2) is 5.75. The van der Waals surface area contributed by atoms with Gasteiger partial charge >= 0.3 is 6.36 Å². The van der Waals surface area contributed by atoms with E-state index < -0.39 is 12.5 Å². The van der Waals surface area contributed by atoms with Gasteiger partial charge in [0, 0.05) is 12.8 Å². The molecule has 0 aliphatic heterocycles. The molecule has 0 unspecified atom stereocenters. The maximum absolute atomic E-state index is 11.8. The van der Waals surface area contributed by atoms with Crippen molar-refractivity contribution in [2.45, 2.75) is 57.3 Å². The predicted octanol–water partition coefficient (Wildman–Crippen LogP) is 2.89. The highest BCUT2D eigenvalue weighted by atomic mass is 19.4. The van der Waals surface area contributed by atoms with E-state index in [0.717, 1.165) is 18.8 Å². The Morgan fingerprint density at radius 3 is 1.83 bits per heavy atom. The molecule has 2 saturated carbocycles. The fourth-order valence-corrected chi connectivity index (χ4v) is 2.33. The molecule has 2 aliphatic rings. The molecule has 0 heterocycles. The molecule has 2 fully saturated rings. The third kappa shape index (κ3) is 4.40. The molecule has 0 N–H and O–H groups in total. The van der Waals surface area contributed by atoms with E-state index >= 15 is 0 Å². The Morgan fingerprint density at radius 1 is 0.889 bits per heavy atom. The fourth-order valence-electron chi connectivity index (χ4n) is 2.33. The van der Waals surface area contributed by atoms with Gasteiger partial charge in [-0.2, -0.15) is 0 Å². The molecular weight excluding hydrogens is 249 g/mol. The molecule has 0 saturated heterocycles. The molecule has 0 bridgehead atoms. The van der Waals surface area contributed by atoms with Crippen molar-refractivity contribution in [2.75, 3.05) is 13.2 Å². The largest absolute Gasteiger partial charge is 0.522 e. The zero-order valence-electron chi connectivity index (χ0n) is 10.4. The first-order valence-electron chi connectivity index (χ1n) is 6.40. The molecule has 0 spiro atoms. The van der Waals surface area contributed by atoms with Crippen LogP contribution in [0.1, 0.15) is 32.6 Å². The highest BCUT2D eigenvalue weighted by Gasteiger charge is 2.40. The van der Waals surface area contributed by atoms with Gasteiger partial charge in [-0.05, 0) is 18.8 Å². The SMILES string of the molecule is CC1CC(OCCOC2CC(OC(F)(F)F)C2)C1. The zero-order valence-corrected chi connectivity index (χ0v) is 10.4. The summed E-state index contributed by atoms with van der Waals surface area (Å²) in [6.45, 7) is 3.17. The summed E-state index contributed by atoms with van der Waals surface area (Å²) in [4.78, 5) is 0. The van der Waals surface area contributed by atoms with Crippen molar-refractivity contribution in [1.82, 2.24) is 0 Å². The van der Waals surface area contributed by atoms with Gasteiger partial charge in [0.15, 0.2) is 0 Å². The van der Waals surface area contributed by atoms with Crippen LogP contribution >= 0.6 is 0 Å². The lowest BCUT2D eigenvalue weighted by molar-refractivity contribution is -0.357. The molecule has 2 aliphatic carbocycles. The topological polar surface area (TPSA) is 27.7 Å². The van der Waals surface area contributed by atoms with Crippen LogP contribution in [0.15, 0.2) is 0 Å². The third-order valence-electron chi connectivity index (χ3n) is 3.47. The smallest absolute Gasteiger partial charge is 0.376 e. The van der Waals surface area contributed by atoms with Gasteiger partial charge < -0.3 is 9.47 Å². The van der Waals surface area contributed by atoms with Crippen molar-refractivity contribution < 1.29 is 27.4 Å². The Hall–Kier alpha value is -0.330. The predicted molar refractivity (Wildman–Crippen MR) is 58.0 cm³/mol. The molecule has 0 aromatic carbocycles. The summed E-state index contributed by atoms with van der Waals surface area (Å²) < 4.78 is 50.3. The third-order valence-corrected chi connectivity index (χ3v) is 3.47. The van der Waals surface area contributed by atoms with Gasteiger partial charge in [0.25, 0.3) is 0 Å². The molecule has 0 atom stereocenters. The molecule has 18 heavy (non-hydrogen) atoms. The quantitative estimate of drug-likeness (QED) is 0.693. The Balaban J connectivity index is 1.43. The van der Waals surface area contributed by atoms with Crippen LogP contribution in [-0.2, 0) is 14.2 Å². The van der Waals surface area contributed by atoms with Crippen molar-refractivity contribution in [3.63, 3.8) is 0 Å². The zero-order chi connectivity index (χ0) is 13.2. The second-order valence-electron chi connectivity index (χ2n) is 5.22. The molecule has 0 aromatic rings. The maximum Gasteiger partial charge on any atom is 0.522 e. The van der Waals surface area contributed by atoms with E-state index in [-0.39, 0.29) is 6.10 Å². The van der Waals surface area contributed by atoms with Crippen molar-refractivity contribution in [3.05, 3.63) is 0 Å². The van der Waals surface area contributed by atoms with Crippen LogP contribution in [-0.4, -0.2) is 37.9 Å². The van der Waals surface area contributed by atoms with Gasteiger partial charge in [0.1, 0.15) is 0 Å². The minimum atomic E-state index is -4.53. The van der Waals surface area contributed by atoms with Crippen molar-refractivity contribution in [1.29, 1.82) is 0 Å². The lowest BCUT2D eigenvalue weighted by atomic mass is 9.84. The minimum absolute atomic E-state index is 0.110. The van der Waals surface area contributed by atoms with Crippen LogP contribution in [0.25, 0.3) is 0 Å². The van der Waals surface area contributed by atoms with Crippen LogP contribution in [0.3, 0.4) is 0 Å². The average molecular weight is 268 g/mol. The van der Waals surface area contributed by atoms with E-state index in [1.807, 2.05) is 0 Å². The standard InChI is InChI=1S/C12H19F3O3/c1-8-4-9(5-8)16-2-3-17-10-6-11(7-10)18-12(13,14)15/h8-11H,2-7H2,1H3. The van der Waals surface area contributed by atoms with Crippen LogP contribution in [0.5, 0.6) is 0 Å². The first-order valence-corrected chi connectivity index (χ1v) is 6.40. The minimum Gasteiger partial charge on any atom is -0.376 e. The average Bonchev–Trinajstić information content (AvgIpc) is 2.14. The molecule has 2 rings (SSSR count). The summed E-state index contributed by atoms with van der Waals surface area (Å²) in [6.07, 6.45) is -2.17. The van der Waals surface area contributed by atoms with E-state index in [4.69, 9.17) is 9.47 Å². The number of hydrogen-bond donors (Lipinski definition) is 0. The van der Waals surface area contributed by atoms with Crippen LogP contribution in [0, 0.1) is 5.92 Å². The molecule has 0 aromatic heterocycles. The summed E-state index contributed by atoms with van der Waals surface area (Å²) >= 11 is 0. The highest BCUT2D eigenvalue weighted by Crippen LogP contribution is 2.32. The Morgan fingerprint density at radius 2 is 1.39 bits per heavy atom. The Kier molecular flexibility index (Phi) is 4.50. The molecule has 3 nitrogen and oxygen atoms in total. The van der Waals surface area contributed by atoms with Crippen molar-refractivity contribution >= 4 is 0 Å². The number of ether oxygens (including phenoxy) is 3. The van der Waals surface area contributed by atoms with Gasteiger partial charge in [-0.3, -0.25) is 4.74 Å². The van der Waals surface area contributed by atoms with Gasteiger partial charge in [-0.25, -0.2) is 0 Å². The van der Waals surface area contributed by atoms with E-state index in [1.165, 1.54) is 0 Å². The normalized spacial score (nSPS) is 36.0. The number of hydrogen-bond acceptors (Lipinski definition) is 3. The molecular formula is C12H19F3O3. The van der Waals surface area contributed by atoms with Crippen LogP contribution in [0.2, 0.25) is 0 Å². The van der Waals surface area contributed by atoms with Crippen molar-refractivity contribution in [2.24, 2.45) is 5.92 Å². The summed E-state index contributed by atoms with van der Waals surface area (Å²) in [5, 5.41) is 0. The van der Waals surface area contributed by atoms with Crippen LogP contribution < -0.4 is 0 Å². The van der Waals surface area contributed by atoms with E-state index in [2.05, 4.69) is 11.7 Å². The summed E-state index contributed by atoms with van der Waals surface area (Å²) in [6, 6.07) is 0. The van der Waals surface area contributed by atoms with Gasteiger partial charge in [0.2, 0.25) is 0 Å². The molecule has 106 valence electrons. The van der Waals surface area contributed by atoms with Crippen molar-refractivity contribution in [3.8, 4) is 0 Å². The molecule has 0 radical (unpaired) electrons. The lowest BCUT2D eigenvalue weighted by Crippen LogP contribution is -2.41. The summed E-state index contributed by atoms with van der Waals surface area (Å²) in [5.41, 5.74) is 0. The second-order valence-corrected chi connectivity index (χ2v) is 5.22. The van der Waals surface area contributed by atoms with Gasteiger partial charge in [-0.15, -0.1) is 13.2 Å². The monoisotopic (exact) mass is 268 g/mol. The van der Waals surface area contributed by atoms with E-state index in [1.54, 1.807) is 0 Å². The first-order chi connectivity index (χ1) is 8.42. The first kappa shape index (κ1) is 14.1. The molecule has 6 heteroatoms. The fraction of sp³-hybridized carbons (Fsp3) is 1.00. The van der Waals surface area contributed by atoms with E-state index in [9.17, 15) is 13.2 Å². The Bertz CT molecular complexity index is 258. The molecule has 0 amide bonds. The maximum atomic E-state index is 11.8.